The van der Waals surface area contributed by atoms with Crippen molar-refractivity contribution in [1.82, 2.24) is 0 Å². The number of hydrogen-bond acceptors (Lipinski definition) is 9. The van der Waals surface area contributed by atoms with Crippen molar-refractivity contribution in [3.8, 4) is 34.5 Å². The maximum absolute atomic E-state index is 13.1. The maximum Gasteiger partial charge on any atom is 0.193 e. The lowest BCUT2D eigenvalue weighted by Gasteiger charge is -2.22. The molecule has 59 heavy (non-hydrogen) atoms. The van der Waals surface area contributed by atoms with Gasteiger partial charge in [0, 0.05) is 58.6 Å². The molecule has 0 saturated heterocycles. The van der Waals surface area contributed by atoms with Gasteiger partial charge in [0.2, 0.25) is 0 Å². The molecule has 0 saturated carbocycles. The second kappa shape index (κ2) is 17.6. The molecule has 0 fully saturated rings. The topological polar surface area (TPSA) is 132 Å². The first-order chi connectivity index (χ1) is 28.8. The number of allylic oxidation sites excluding steroid dienone is 2. The molecule has 0 bridgehead atoms. The number of rotatable bonds is 14. The highest BCUT2D eigenvalue weighted by Gasteiger charge is 2.17. The number of nitrogen functional groups attached to an aromatic ring is 2. The quantitative estimate of drug-likeness (QED) is 0.0818. The predicted molar refractivity (Wildman–Crippen MR) is 228 cm³/mol. The summed E-state index contributed by atoms with van der Waals surface area (Å²) in [6, 6.07) is 42.6. The zero-order valence-electron chi connectivity index (χ0n) is 31.9. The normalized spacial score (nSPS) is 15.7. The van der Waals surface area contributed by atoms with Gasteiger partial charge in [-0.25, -0.2) is 0 Å². The van der Waals surface area contributed by atoms with Crippen molar-refractivity contribution in [3.63, 3.8) is 0 Å². The van der Waals surface area contributed by atoms with Gasteiger partial charge in [0.15, 0.2) is 11.6 Å². The molecule has 2 aliphatic carbocycles. The Morgan fingerprint density at radius 1 is 0.424 bits per heavy atom. The number of carbonyl (C=O) groups excluding carboxylic acids is 2. The van der Waals surface area contributed by atoms with Crippen molar-refractivity contribution in [3.05, 3.63) is 216 Å². The van der Waals surface area contributed by atoms with E-state index in [9.17, 15) is 9.59 Å². The van der Waals surface area contributed by atoms with Crippen LogP contribution in [0.15, 0.2) is 194 Å². The minimum Gasteiger partial charge on any atom is -0.486 e. The summed E-state index contributed by atoms with van der Waals surface area (Å²) in [6.07, 6.45) is 12.7. The fourth-order valence-corrected chi connectivity index (χ4v) is 6.46. The summed E-state index contributed by atoms with van der Waals surface area (Å²) in [4.78, 5) is 26.2. The summed E-state index contributed by atoms with van der Waals surface area (Å²) in [5.41, 5.74) is 15.1. The van der Waals surface area contributed by atoms with Crippen molar-refractivity contribution in [2.45, 2.75) is 25.0 Å². The molecule has 2 atom stereocenters. The predicted octanol–water partition coefficient (Wildman–Crippen LogP) is 10.8. The summed E-state index contributed by atoms with van der Waals surface area (Å²) >= 11 is 0. The van der Waals surface area contributed by atoms with Gasteiger partial charge in [0.25, 0.3) is 0 Å². The van der Waals surface area contributed by atoms with E-state index in [1.165, 1.54) is 0 Å². The molecule has 0 heterocycles. The second-order valence-electron chi connectivity index (χ2n) is 13.9. The van der Waals surface area contributed by atoms with Crippen LogP contribution >= 0.6 is 0 Å². The molecule has 9 nitrogen and oxygen atoms in total. The van der Waals surface area contributed by atoms with Crippen LogP contribution in [0.3, 0.4) is 0 Å². The molecular weight excluding hydrogens is 741 g/mol. The zero-order chi connectivity index (χ0) is 40.6. The summed E-state index contributed by atoms with van der Waals surface area (Å²) in [5, 5.41) is 0. The molecule has 0 aliphatic heterocycles. The highest BCUT2D eigenvalue weighted by molar-refractivity contribution is 6.09. The number of anilines is 2. The Labute approximate surface area is 342 Å². The number of carbonyl (C=O) groups is 2. The summed E-state index contributed by atoms with van der Waals surface area (Å²) < 4.78 is 30.1. The van der Waals surface area contributed by atoms with E-state index >= 15 is 0 Å². The van der Waals surface area contributed by atoms with Gasteiger partial charge in [-0.2, -0.15) is 0 Å². The SMILES string of the molecule is Nc1cccc(Oc2ccc(C(=O)c3ccc(OC4=CCC(OC5=CCC(Oc6ccc(C(=O)c7ccc(Oc8cccc(N)c8)cc7)cc6)C=C5)C=C4)cc3)cc2)c1. The van der Waals surface area contributed by atoms with Gasteiger partial charge < -0.3 is 35.2 Å². The van der Waals surface area contributed by atoms with Crippen LogP contribution in [0.5, 0.6) is 34.5 Å². The summed E-state index contributed by atoms with van der Waals surface area (Å²) in [5.74, 6) is 5.05. The Hall–Kier alpha value is -7.78. The Bertz CT molecular complexity index is 2570. The van der Waals surface area contributed by atoms with Crippen molar-refractivity contribution in [1.29, 1.82) is 0 Å². The molecule has 0 radical (unpaired) electrons. The molecular formula is C50H40N2O7. The average molecular weight is 781 g/mol. The minimum absolute atomic E-state index is 0.0939. The number of ether oxygens (including phenoxy) is 5. The fraction of sp³-hybridized carbons (Fsp3) is 0.0800. The van der Waals surface area contributed by atoms with E-state index < -0.39 is 0 Å². The smallest absolute Gasteiger partial charge is 0.193 e. The van der Waals surface area contributed by atoms with Gasteiger partial charge in [-0.3, -0.25) is 9.59 Å². The first-order valence-corrected chi connectivity index (χ1v) is 19.1. The van der Waals surface area contributed by atoms with E-state index in [4.69, 9.17) is 35.2 Å². The molecule has 8 rings (SSSR count). The van der Waals surface area contributed by atoms with Crippen molar-refractivity contribution >= 4 is 22.9 Å². The Morgan fingerprint density at radius 3 is 1.22 bits per heavy atom. The monoisotopic (exact) mass is 780 g/mol. The van der Waals surface area contributed by atoms with Crippen LogP contribution in [-0.2, 0) is 4.74 Å². The van der Waals surface area contributed by atoms with E-state index in [1.54, 1.807) is 109 Å². The lowest BCUT2D eigenvalue weighted by atomic mass is 10.0. The largest absolute Gasteiger partial charge is 0.486 e. The highest BCUT2D eigenvalue weighted by Crippen LogP contribution is 2.28. The molecule has 9 heteroatoms. The third kappa shape index (κ3) is 9.97. The lowest BCUT2D eigenvalue weighted by molar-refractivity contribution is 0.103. The van der Waals surface area contributed by atoms with Crippen molar-refractivity contribution < 1.29 is 33.3 Å². The molecule has 0 aromatic heterocycles. The van der Waals surface area contributed by atoms with Gasteiger partial charge in [0.05, 0.1) is 0 Å². The minimum atomic E-state index is -0.166. The van der Waals surface area contributed by atoms with Gasteiger partial charge in [-0.1, -0.05) is 12.1 Å². The standard InChI is InChI=1S/C50H40N2O7/c51-37-3-1-5-47(31-37)58-41-19-11-35(12-20-41)49(53)33-7-15-39(16-8-33)55-43-23-27-45(28-24-43)57-46-29-25-44(26-30-46)56-40-17-9-34(10-18-40)50(54)36-13-21-42(22-14-36)59-48-6-2-4-38(52)32-48/h1-25,27,29-32,44-45H,26,28,51-52H2. The van der Waals surface area contributed by atoms with Crippen LogP contribution < -0.4 is 30.4 Å². The lowest BCUT2D eigenvalue weighted by Crippen LogP contribution is -2.18. The molecule has 6 aromatic carbocycles. The fourth-order valence-electron chi connectivity index (χ4n) is 6.46. The first-order valence-electron chi connectivity index (χ1n) is 19.1. The van der Waals surface area contributed by atoms with Crippen molar-refractivity contribution in [2.75, 3.05) is 11.5 Å². The van der Waals surface area contributed by atoms with Crippen LogP contribution in [0.2, 0.25) is 0 Å². The van der Waals surface area contributed by atoms with Gasteiger partial charge in [0.1, 0.15) is 58.2 Å². The third-order valence-electron chi connectivity index (χ3n) is 9.52. The highest BCUT2D eigenvalue weighted by atomic mass is 16.5. The second-order valence-corrected chi connectivity index (χ2v) is 13.9. The average Bonchev–Trinajstić information content (AvgIpc) is 3.26. The van der Waals surface area contributed by atoms with E-state index in [1.807, 2.05) is 72.9 Å². The van der Waals surface area contributed by atoms with E-state index in [2.05, 4.69) is 0 Å². The molecule has 4 N–H and O–H groups in total. The zero-order valence-corrected chi connectivity index (χ0v) is 31.9. The van der Waals surface area contributed by atoms with E-state index in [0.717, 1.165) is 5.76 Å². The number of benzene rings is 6. The summed E-state index contributed by atoms with van der Waals surface area (Å²) in [6.45, 7) is 0. The summed E-state index contributed by atoms with van der Waals surface area (Å²) in [7, 11) is 0. The van der Waals surface area contributed by atoms with Crippen LogP contribution in [0.4, 0.5) is 11.4 Å². The van der Waals surface area contributed by atoms with E-state index in [-0.39, 0.29) is 23.8 Å². The molecule has 2 aliphatic rings. The maximum atomic E-state index is 13.1. The van der Waals surface area contributed by atoms with Crippen LogP contribution in [-0.4, -0.2) is 23.8 Å². The van der Waals surface area contributed by atoms with Gasteiger partial charge in [-0.05, 0) is 158 Å². The van der Waals surface area contributed by atoms with Crippen molar-refractivity contribution in [2.24, 2.45) is 0 Å². The third-order valence-corrected chi connectivity index (χ3v) is 9.52. The number of nitrogens with two attached hydrogens (primary N) is 2. The van der Waals surface area contributed by atoms with Gasteiger partial charge >= 0.3 is 0 Å². The first kappa shape index (κ1) is 38.1. The molecule has 2 unspecified atom stereocenters. The molecule has 292 valence electrons. The van der Waals surface area contributed by atoms with Gasteiger partial charge in [-0.15, -0.1) is 0 Å². The number of ketones is 2. The number of hydrogen-bond donors (Lipinski definition) is 2. The Kier molecular flexibility index (Phi) is 11.3. The molecule has 6 aromatic rings. The molecule has 0 amide bonds. The molecule has 0 spiro atoms. The Balaban J connectivity index is 0.762. The van der Waals surface area contributed by atoms with Crippen LogP contribution in [0, 0.1) is 0 Å². The van der Waals surface area contributed by atoms with Crippen LogP contribution in [0.1, 0.15) is 44.7 Å². The van der Waals surface area contributed by atoms with Crippen LogP contribution in [0.25, 0.3) is 0 Å². The Morgan fingerprint density at radius 2 is 0.814 bits per heavy atom. The van der Waals surface area contributed by atoms with E-state index in [0.29, 0.717) is 86.7 Å².